The van der Waals surface area contributed by atoms with Gasteiger partial charge in [0.1, 0.15) is 11.3 Å². The maximum Gasteiger partial charge on any atom is 0.287 e. The molecule has 1 saturated heterocycles. The highest BCUT2D eigenvalue weighted by Crippen LogP contribution is 2.26. The fourth-order valence-electron chi connectivity index (χ4n) is 4.50. The van der Waals surface area contributed by atoms with Crippen LogP contribution < -0.4 is 15.8 Å². The van der Waals surface area contributed by atoms with Gasteiger partial charge in [-0.05, 0) is 67.9 Å². The van der Waals surface area contributed by atoms with Crippen molar-refractivity contribution in [1.29, 1.82) is 0 Å². The summed E-state index contributed by atoms with van der Waals surface area (Å²) in [6.07, 6.45) is 3.42. The quantitative estimate of drug-likeness (QED) is 0.320. The highest BCUT2D eigenvalue weighted by atomic mass is 32.2. The summed E-state index contributed by atoms with van der Waals surface area (Å²) in [6, 6.07) is 12.8. The van der Waals surface area contributed by atoms with Crippen LogP contribution in [0.5, 0.6) is 0 Å². The van der Waals surface area contributed by atoms with Crippen LogP contribution in [0, 0.1) is 0 Å². The normalized spacial score (nSPS) is 16.4. The number of hydrogen-bond acceptors (Lipinski definition) is 8. The average molecular weight is 538 g/mol. The number of hydrogen-bond donors (Lipinski definition) is 3. The van der Waals surface area contributed by atoms with Gasteiger partial charge in [-0.2, -0.15) is 0 Å². The summed E-state index contributed by atoms with van der Waals surface area (Å²) in [4.78, 5) is 27.4. The number of fused-ring (bicyclic) bond motifs is 1. The van der Waals surface area contributed by atoms with E-state index < -0.39 is 10.0 Å². The van der Waals surface area contributed by atoms with E-state index in [1.807, 2.05) is 23.2 Å². The van der Waals surface area contributed by atoms with E-state index in [1.165, 1.54) is 24.3 Å². The first-order valence-electron chi connectivity index (χ1n) is 12.0. The number of carbonyl (C=O) groups is 2. The third kappa shape index (κ3) is 5.90. The van der Waals surface area contributed by atoms with Crippen molar-refractivity contribution < 1.29 is 22.4 Å². The second-order valence-corrected chi connectivity index (χ2v) is 10.9. The molecule has 2 aromatic carbocycles. The van der Waals surface area contributed by atoms with Crippen molar-refractivity contribution in [3.63, 3.8) is 0 Å². The van der Waals surface area contributed by atoms with Crippen LogP contribution in [0.1, 0.15) is 23.4 Å². The molecule has 0 radical (unpaired) electrons. The van der Waals surface area contributed by atoms with Crippen molar-refractivity contribution in [2.75, 3.05) is 25.0 Å². The number of primary sulfonamides is 1. The predicted octanol–water partition coefficient (Wildman–Crippen LogP) is 1.71. The molecule has 3 heterocycles. The molecule has 12 nitrogen and oxygen atoms in total. The number of nitrogens with one attached hydrogen (secondary N) is 2. The molecule has 4 aromatic rings. The molecule has 0 saturated carbocycles. The van der Waals surface area contributed by atoms with Gasteiger partial charge in [-0.3, -0.25) is 19.2 Å². The minimum Gasteiger partial charge on any atom is -0.451 e. The predicted molar refractivity (Wildman–Crippen MR) is 140 cm³/mol. The Balaban J connectivity index is 1.17. The summed E-state index contributed by atoms with van der Waals surface area (Å²) in [5.41, 5.74) is 2.67. The van der Waals surface area contributed by atoms with Gasteiger partial charge in [0, 0.05) is 36.3 Å². The minimum atomic E-state index is -3.80. The van der Waals surface area contributed by atoms with Crippen molar-refractivity contribution in [3.8, 4) is 11.3 Å². The summed E-state index contributed by atoms with van der Waals surface area (Å²) in [5.74, 6) is -0.334. The van der Waals surface area contributed by atoms with Gasteiger partial charge in [-0.1, -0.05) is 5.21 Å². The van der Waals surface area contributed by atoms with Gasteiger partial charge in [0.2, 0.25) is 15.9 Å². The van der Waals surface area contributed by atoms with Crippen LogP contribution in [-0.4, -0.2) is 65.8 Å². The Bertz CT molecular complexity index is 1590. The summed E-state index contributed by atoms with van der Waals surface area (Å²) in [7, 11) is -2.00. The van der Waals surface area contributed by atoms with Gasteiger partial charge < -0.3 is 15.1 Å². The van der Waals surface area contributed by atoms with E-state index >= 15 is 0 Å². The third-order valence-electron chi connectivity index (χ3n) is 6.31. The molecule has 1 fully saturated rings. The van der Waals surface area contributed by atoms with Crippen LogP contribution in [0.3, 0.4) is 0 Å². The molecule has 38 heavy (non-hydrogen) atoms. The number of piperidine rings is 1. The topological polar surface area (TPSA) is 165 Å². The van der Waals surface area contributed by atoms with Crippen molar-refractivity contribution >= 4 is 38.5 Å². The highest BCUT2D eigenvalue weighted by Gasteiger charge is 2.24. The molecule has 2 aromatic heterocycles. The van der Waals surface area contributed by atoms with Crippen molar-refractivity contribution in [3.05, 3.63) is 60.5 Å². The Hall–Kier alpha value is -4.07. The number of amides is 2. The molecule has 0 bridgehead atoms. The second kappa shape index (κ2) is 10.4. The van der Waals surface area contributed by atoms with E-state index in [0.717, 1.165) is 36.0 Å². The maximum atomic E-state index is 12.9. The molecule has 2 amide bonds. The Morgan fingerprint density at radius 2 is 1.95 bits per heavy atom. The number of aromatic nitrogens is 3. The molecule has 1 aliphatic rings. The number of nitrogens with two attached hydrogens (primary N) is 1. The van der Waals surface area contributed by atoms with Gasteiger partial charge >= 0.3 is 0 Å². The van der Waals surface area contributed by atoms with E-state index in [9.17, 15) is 18.0 Å². The van der Waals surface area contributed by atoms with Crippen molar-refractivity contribution in [2.45, 2.75) is 23.8 Å². The van der Waals surface area contributed by atoms with E-state index in [2.05, 4.69) is 20.9 Å². The van der Waals surface area contributed by atoms with Crippen LogP contribution in [0.25, 0.3) is 22.2 Å². The Morgan fingerprint density at radius 1 is 1.16 bits per heavy atom. The molecule has 1 unspecified atom stereocenters. The SMILES string of the molecule is Cn1cc(-c2ccc3oc(C(=O)NC4CCCN(CC(=O)Nc5ccc(S(N)(=O)=O)cc5)C4)cc3c2)nn1. The lowest BCUT2D eigenvalue weighted by Crippen LogP contribution is -2.49. The lowest BCUT2D eigenvalue weighted by atomic mass is 10.1. The van der Waals surface area contributed by atoms with E-state index in [1.54, 1.807) is 23.9 Å². The molecule has 13 heteroatoms. The number of rotatable bonds is 7. The molecular weight excluding hydrogens is 510 g/mol. The Labute approximate surface area is 218 Å². The number of sulfonamides is 1. The molecular formula is C25H27N7O5S. The van der Waals surface area contributed by atoms with Gasteiger partial charge in [-0.25, -0.2) is 13.6 Å². The molecule has 5 rings (SSSR count). The monoisotopic (exact) mass is 537 g/mol. The molecule has 1 atom stereocenters. The largest absolute Gasteiger partial charge is 0.451 e. The van der Waals surface area contributed by atoms with Gasteiger partial charge in [-0.15, -0.1) is 5.10 Å². The van der Waals surface area contributed by atoms with E-state index in [0.29, 0.717) is 17.8 Å². The zero-order valence-electron chi connectivity index (χ0n) is 20.6. The number of anilines is 1. The summed E-state index contributed by atoms with van der Waals surface area (Å²) < 4.78 is 30.2. The number of likely N-dealkylation sites (tertiary alicyclic amines) is 1. The Morgan fingerprint density at radius 3 is 2.66 bits per heavy atom. The number of nitrogens with zero attached hydrogens (tertiary/aromatic N) is 4. The first-order valence-corrected chi connectivity index (χ1v) is 13.5. The van der Waals surface area contributed by atoms with Crippen LogP contribution in [0.15, 0.2) is 64.0 Å². The van der Waals surface area contributed by atoms with Gasteiger partial charge in [0.05, 0.1) is 17.6 Å². The average Bonchev–Trinajstić information content (AvgIpc) is 3.50. The molecule has 0 aliphatic carbocycles. The zero-order valence-corrected chi connectivity index (χ0v) is 21.4. The van der Waals surface area contributed by atoms with Crippen LogP contribution >= 0.6 is 0 Å². The lowest BCUT2D eigenvalue weighted by molar-refractivity contribution is -0.117. The Kier molecular flexibility index (Phi) is 6.97. The fraction of sp³-hybridized carbons (Fsp3) is 0.280. The van der Waals surface area contributed by atoms with Crippen molar-refractivity contribution in [1.82, 2.24) is 25.2 Å². The first kappa shape index (κ1) is 25.6. The smallest absolute Gasteiger partial charge is 0.287 e. The molecule has 198 valence electrons. The zero-order chi connectivity index (χ0) is 26.9. The first-order chi connectivity index (χ1) is 18.1. The second-order valence-electron chi connectivity index (χ2n) is 9.31. The van der Waals surface area contributed by atoms with Gasteiger partial charge in [0.15, 0.2) is 5.76 Å². The molecule has 4 N–H and O–H groups in total. The number of benzene rings is 2. The van der Waals surface area contributed by atoms with Gasteiger partial charge in [0.25, 0.3) is 5.91 Å². The standard InChI is InChI=1S/C25H27N7O5S/c1-31-14-21(29-30-31)16-4-9-22-17(11-16)12-23(37-22)25(34)28-19-3-2-10-32(13-19)15-24(33)27-18-5-7-20(8-6-18)38(26,35)36/h4-9,11-12,14,19H,2-3,10,13,15H2,1H3,(H,27,33)(H,28,34)(H2,26,35,36). The fourth-order valence-corrected chi connectivity index (χ4v) is 5.01. The summed E-state index contributed by atoms with van der Waals surface area (Å²) in [6.45, 7) is 1.37. The summed E-state index contributed by atoms with van der Waals surface area (Å²) >= 11 is 0. The lowest BCUT2D eigenvalue weighted by Gasteiger charge is -2.32. The maximum absolute atomic E-state index is 12.9. The number of carbonyl (C=O) groups excluding carboxylic acids is 2. The van der Waals surface area contributed by atoms with Crippen LogP contribution in [0.4, 0.5) is 5.69 Å². The summed E-state index contributed by atoms with van der Waals surface area (Å²) in [5, 5.41) is 19.7. The molecule has 1 aliphatic heterocycles. The third-order valence-corrected chi connectivity index (χ3v) is 7.24. The van der Waals surface area contributed by atoms with Crippen molar-refractivity contribution in [2.24, 2.45) is 12.2 Å². The highest BCUT2D eigenvalue weighted by molar-refractivity contribution is 7.89. The van der Waals surface area contributed by atoms with Crippen LogP contribution in [0.2, 0.25) is 0 Å². The number of aryl methyl sites for hydroxylation is 1. The number of furan rings is 1. The molecule has 0 spiro atoms. The van der Waals surface area contributed by atoms with E-state index in [-0.39, 0.29) is 35.1 Å². The van der Waals surface area contributed by atoms with E-state index in [4.69, 9.17) is 9.56 Å². The minimum absolute atomic E-state index is 0.0273. The van der Waals surface area contributed by atoms with Crippen LogP contribution in [-0.2, 0) is 21.9 Å².